The van der Waals surface area contributed by atoms with Crippen LogP contribution in [0.1, 0.15) is 41.6 Å². The number of allylic oxidation sites excluding steroid dienone is 1. The summed E-state index contributed by atoms with van der Waals surface area (Å²) in [5.74, 6) is 0.687. The van der Waals surface area contributed by atoms with Crippen molar-refractivity contribution in [2.75, 3.05) is 18.2 Å². The lowest BCUT2D eigenvalue weighted by Gasteiger charge is -2.22. The molecule has 1 atom stereocenters. The van der Waals surface area contributed by atoms with E-state index in [1.54, 1.807) is 44.4 Å². The SMILES string of the molecule is C=CCn1c(SCC(=O)Nc2ccc([N+](=O)[O-])cc2C)nnc1[C@H](NC(=O)c1ccc(OC)cc1)C(C)C. The third kappa shape index (κ3) is 6.97. The molecule has 0 saturated carbocycles. The Morgan fingerprint density at radius 1 is 1.21 bits per heavy atom. The first-order chi connectivity index (χ1) is 18.1. The highest BCUT2D eigenvalue weighted by atomic mass is 32.2. The maximum Gasteiger partial charge on any atom is 0.269 e. The third-order valence-corrected chi connectivity index (χ3v) is 6.63. The molecule has 1 heterocycles. The monoisotopic (exact) mass is 538 g/mol. The van der Waals surface area contributed by atoms with Gasteiger partial charge in [-0.1, -0.05) is 31.7 Å². The molecule has 0 aliphatic carbocycles. The molecule has 0 aliphatic rings. The average molecular weight is 539 g/mol. The van der Waals surface area contributed by atoms with Gasteiger partial charge in [0.1, 0.15) is 5.75 Å². The van der Waals surface area contributed by atoms with E-state index in [1.807, 2.05) is 18.4 Å². The van der Waals surface area contributed by atoms with Crippen LogP contribution in [0.4, 0.5) is 11.4 Å². The molecule has 1 aromatic heterocycles. The van der Waals surface area contributed by atoms with Crippen LogP contribution in [0, 0.1) is 23.0 Å². The number of hydrogen-bond donors (Lipinski definition) is 2. The van der Waals surface area contributed by atoms with Crippen molar-refractivity contribution in [2.24, 2.45) is 5.92 Å². The Kier molecular flexibility index (Phi) is 9.61. The molecule has 3 aromatic rings. The Hall–Kier alpha value is -4.19. The molecule has 0 spiro atoms. The maximum atomic E-state index is 13.0. The highest BCUT2D eigenvalue weighted by Gasteiger charge is 2.26. The summed E-state index contributed by atoms with van der Waals surface area (Å²) in [6.45, 7) is 9.83. The lowest BCUT2D eigenvalue weighted by Crippen LogP contribution is -2.33. The molecule has 0 bridgehead atoms. The van der Waals surface area contributed by atoms with Gasteiger partial charge in [-0.25, -0.2) is 0 Å². The topological polar surface area (TPSA) is 141 Å². The molecule has 2 aromatic carbocycles. The number of carbonyl (C=O) groups excluding carboxylic acids is 2. The lowest BCUT2D eigenvalue weighted by atomic mass is 10.0. The van der Waals surface area contributed by atoms with E-state index < -0.39 is 11.0 Å². The van der Waals surface area contributed by atoms with E-state index >= 15 is 0 Å². The first kappa shape index (κ1) is 28.4. The number of anilines is 1. The predicted molar refractivity (Wildman–Crippen MR) is 145 cm³/mol. The number of non-ortho nitro benzene ring substituents is 1. The van der Waals surface area contributed by atoms with Crippen LogP contribution in [0.15, 0.2) is 60.3 Å². The van der Waals surface area contributed by atoms with Gasteiger partial charge in [-0.3, -0.25) is 19.7 Å². The van der Waals surface area contributed by atoms with Crippen LogP contribution < -0.4 is 15.4 Å². The van der Waals surface area contributed by atoms with Crippen molar-refractivity contribution in [1.82, 2.24) is 20.1 Å². The minimum atomic E-state index is -0.484. The summed E-state index contributed by atoms with van der Waals surface area (Å²) in [5, 5.41) is 25.9. The summed E-state index contributed by atoms with van der Waals surface area (Å²) in [6, 6.07) is 10.6. The summed E-state index contributed by atoms with van der Waals surface area (Å²) in [4.78, 5) is 36.0. The summed E-state index contributed by atoms with van der Waals surface area (Å²) >= 11 is 1.19. The van der Waals surface area contributed by atoms with Crippen molar-refractivity contribution in [2.45, 2.75) is 38.5 Å². The van der Waals surface area contributed by atoms with Gasteiger partial charge in [-0.2, -0.15) is 0 Å². The first-order valence-electron chi connectivity index (χ1n) is 11.8. The number of nitrogens with zero attached hydrogens (tertiary/aromatic N) is 4. The fraction of sp³-hybridized carbons (Fsp3) is 0.308. The van der Waals surface area contributed by atoms with Crippen molar-refractivity contribution in [3.05, 3.63) is 82.2 Å². The standard InChI is InChI=1S/C26H30N6O5S/c1-6-13-31-24(23(16(2)3)28-25(34)18-7-10-20(37-5)11-8-18)29-30-26(31)38-15-22(33)27-21-12-9-19(32(35)36)14-17(21)4/h6-12,14,16,23H,1,13,15H2,2-5H3,(H,27,33)(H,28,34)/t23-/m1/s1. The summed E-state index contributed by atoms with van der Waals surface area (Å²) in [7, 11) is 1.56. The van der Waals surface area contributed by atoms with Gasteiger partial charge in [0.05, 0.1) is 23.8 Å². The Morgan fingerprint density at radius 2 is 1.92 bits per heavy atom. The molecule has 200 valence electrons. The molecule has 2 amide bonds. The molecule has 3 rings (SSSR count). The molecule has 2 N–H and O–H groups in total. The van der Waals surface area contributed by atoms with E-state index in [2.05, 4.69) is 27.4 Å². The van der Waals surface area contributed by atoms with E-state index in [9.17, 15) is 19.7 Å². The third-order valence-electron chi connectivity index (χ3n) is 5.67. The maximum absolute atomic E-state index is 13.0. The predicted octanol–water partition coefficient (Wildman–Crippen LogP) is 4.55. The second-order valence-corrected chi connectivity index (χ2v) is 9.70. The highest BCUT2D eigenvalue weighted by molar-refractivity contribution is 7.99. The number of ether oxygens (including phenoxy) is 1. The van der Waals surface area contributed by atoms with E-state index in [-0.39, 0.29) is 29.2 Å². The van der Waals surface area contributed by atoms with E-state index in [0.29, 0.717) is 40.1 Å². The number of aromatic nitrogens is 3. The fourth-order valence-corrected chi connectivity index (χ4v) is 4.41. The number of aryl methyl sites for hydroxylation is 1. The zero-order valence-corrected chi connectivity index (χ0v) is 22.4. The Morgan fingerprint density at radius 3 is 2.50 bits per heavy atom. The fourth-order valence-electron chi connectivity index (χ4n) is 3.65. The Balaban J connectivity index is 1.73. The molecule has 0 aliphatic heterocycles. The average Bonchev–Trinajstić information content (AvgIpc) is 3.29. The zero-order chi connectivity index (χ0) is 27.8. The van der Waals surface area contributed by atoms with Gasteiger partial charge in [0.2, 0.25) is 5.91 Å². The minimum Gasteiger partial charge on any atom is -0.497 e. The molecule has 0 saturated heterocycles. The molecular weight excluding hydrogens is 508 g/mol. The summed E-state index contributed by atoms with van der Waals surface area (Å²) in [6.07, 6.45) is 1.69. The smallest absolute Gasteiger partial charge is 0.269 e. The molecule has 11 nitrogen and oxygen atoms in total. The number of thioether (sulfide) groups is 1. The van der Waals surface area contributed by atoms with Gasteiger partial charge >= 0.3 is 0 Å². The number of nitrogens with one attached hydrogen (secondary N) is 2. The second-order valence-electron chi connectivity index (χ2n) is 8.76. The normalized spacial score (nSPS) is 11.6. The number of rotatable bonds is 12. The minimum absolute atomic E-state index is 0.00350. The second kappa shape index (κ2) is 12.9. The van der Waals surface area contributed by atoms with Crippen LogP contribution in [-0.2, 0) is 11.3 Å². The molecular formula is C26H30N6O5S. The van der Waals surface area contributed by atoms with Crippen molar-refractivity contribution in [3.8, 4) is 5.75 Å². The molecule has 0 fully saturated rings. The van der Waals surface area contributed by atoms with Gasteiger partial charge in [0.25, 0.3) is 11.6 Å². The molecule has 12 heteroatoms. The van der Waals surface area contributed by atoms with Gasteiger partial charge in [-0.05, 0) is 48.7 Å². The summed E-state index contributed by atoms with van der Waals surface area (Å²) in [5.41, 5.74) is 1.52. The van der Waals surface area contributed by atoms with Gasteiger partial charge < -0.3 is 19.9 Å². The van der Waals surface area contributed by atoms with E-state index in [0.717, 1.165) is 0 Å². The van der Waals surface area contributed by atoms with Crippen LogP contribution in [0.2, 0.25) is 0 Å². The van der Waals surface area contributed by atoms with Crippen molar-refractivity contribution in [3.63, 3.8) is 0 Å². The highest BCUT2D eigenvalue weighted by Crippen LogP contribution is 2.27. The van der Waals surface area contributed by atoms with Crippen LogP contribution in [0.3, 0.4) is 0 Å². The number of nitro groups is 1. The quantitative estimate of drug-likeness (QED) is 0.148. The van der Waals surface area contributed by atoms with E-state index in [1.165, 1.54) is 30.0 Å². The van der Waals surface area contributed by atoms with Gasteiger partial charge in [0, 0.05) is 29.9 Å². The van der Waals surface area contributed by atoms with Crippen molar-refractivity contribution >= 4 is 35.0 Å². The Bertz CT molecular complexity index is 1320. The van der Waals surface area contributed by atoms with E-state index in [4.69, 9.17) is 4.74 Å². The number of carbonyl (C=O) groups is 2. The molecule has 0 radical (unpaired) electrons. The van der Waals surface area contributed by atoms with Crippen LogP contribution in [0.5, 0.6) is 5.75 Å². The van der Waals surface area contributed by atoms with Crippen molar-refractivity contribution in [1.29, 1.82) is 0 Å². The number of methoxy groups -OCH3 is 1. The first-order valence-corrected chi connectivity index (χ1v) is 12.8. The largest absolute Gasteiger partial charge is 0.497 e. The number of benzene rings is 2. The zero-order valence-electron chi connectivity index (χ0n) is 21.6. The van der Waals surface area contributed by atoms with Gasteiger partial charge in [-0.15, -0.1) is 16.8 Å². The number of hydrogen-bond acceptors (Lipinski definition) is 8. The number of amides is 2. The van der Waals surface area contributed by atoms with Crippen LogP contribution >= 0.6 is 11.8 Å². The summed E-state index contributed by atoms with van der Waals surface area (Å²) < 4.78 is 6.98. The molecule has 0 unspecified atom stereocenters. The number of nitro benzene ring substituents is 1. The van der Waals surface area contributed by atoms with Crippen LogP contribution in [-0.4, -0.2) is 44.4 Å². The molecule has 38 heavy (non-hydrogen) atoms. The van der Waals surface area contributed by atoms with Crippen LogP contribution in [0.25, 0.3) is 0 Å². The lowest BCUT2D eigenvalue weighted by molar-refractivity contribution is -0.384. The van der Waals surface area contributed by atoms with Gasteiger partial charge in [0.15, 0.2) is 11.0 Å². The Labute approximate surface area is 224 Å². The van der Waals surface area contributed by atoms with Crippen molar-refractivity contribution < 1.29 is 19.2 Å².